The fourth-order valence-corrected chi connectivity index (χ4v) is 2.85. The molecule has 1 saturated heterocycles. The summed E-state index contributed by atoms with van der Waals surface area (Å²) in [5.41, 5.74) is 3.66. The number of nitro groups is 1. The summed E-state index contributed by atoms with van der Waals surface area (Å²) in [6, 6.07) is 2.50. The number of hydrogen-bond donors (Lipinski definition) is 1. The number of nitro benzene ring substituents is 1. The van der Waals surface area contributed by atoms with Crippen molar-refractivity contribution in [3.63, 3.8) is 0 Å². The number of nitrogens with zero attached hydrogens (tertiary/aromatic N) is 2. The number of primary amides is 1. The van der Waals surface area contributed by atoms with Crippen LogP contribution < -0.4 is 10.6 Å². The maximum absolute atomic E-state index is 12.7. The smallest absolute Gasteiger partial charge is 0.370 e. The number of hydrogen-bond acceptors (Lipinski definition) is 4. The van der Waals surface area contributed by atoms with Crippen LogP contribution in [0.1, 0.15) is 24.8 Å². The van der Waals surface area contributed by atoms with Gasteiger partial charge in [0.1, 0.15) is 5.69 Å². The van der Waals surface area contributed by atoms with E-state index in [-0.39, 0.29) is 18.0 Å². The van der Waals surface area contributed by atoms with Crippen molar-refractivity contribution in [2.75, 3.05) is 18.0 Å². The van der Waals surface area contributed by atoms with Crippen LogP contribution in [0.4, 0.5) is 24.5 Å². The van der Waals surface area contributed by atoms with Crippen LogP contribution in [-0.2, 0) is 11.0 Å². The first-order valence-corrected chi connectivity index (χ1v) is 7.07. The zero-order valence-corrected chi connectivity index (χ0v) is 12.2. The molecule has 0 spiro atoms. The summed E-state index contributed by atoms with van der Waals surface area (Å²) in [6.45, 7) is 0.844. The van der Waals surface area contributed by atoms with Crippen LogP contribution in [0.15, 0.2) is 18.2 Å². The summed E-state index contributed by atoms with van der Waals surface area (Å²) < 4.78 is 38.2. The molecule has 1 aromatic carbocycles. The molecule has 1 aliphatic heterocycles. The third-order valence-corrected chi connectivity index (χ3v) is 3.85. The van der Waals surface area contributed by atoms with Gasteiger partial charge in [-0.25, -0.2) is 0 Å². The van der Waals surface area contributed by atoms with Crippen LogP contribution in [0.25, 0.3) is 0 Å². The molecule has 0 aromatic heterocycles. The molecule has 9 heteroatoms. The highest BCUT2D eigenvalue weighted by atomic mass is 19.4. The minimum Gasteiger partial charge on any atom is -0.370 e. The van der Waals surface area contributed by atoms with Gasteiger partial charge in [-0.1, -0.05) is 0 Å². The molecule has 126 valence electrons. The van der Waals surface area contributed by atoms with Crippen LogP contribution in [0.3, 0.4) is 0 Å². The summed E-state index contributed by atoms with van der Waals surface area (Å²) in [7, 11) is 0. The van der Waals surface area contributed by atoms with Gasteiger partial charge in [0.05, 0.1) is 10.5 Å². The SMILES string of the molecule is NC(=O)CC1CCCN(c2ccc(C(F)(F)F)cc2[N+](=O)[O-])C1. The van der Waals surface area contributed by atoms with Crippen molar-refractivity contribution in [2.45, 2.75) is 25.4 Å². The van der Waals surface area contributed by atoms with E-state index in [1.54, 1.807) is 4.90 Å². The van der Waals surface area contributed by atoms with Gasteiger partial charge in [0.15, 0.2) is 0 Å². The molecule has 1 unspecified atom stereocenters. The maximum Gasteiger partial charge on any atom is 0.416 e. The van der Waals surface area contributed by atoms with Gasteiger partial charge in [0.25, 0.3) is 5.69 Å². The Morgan fingerprint density at radius 1 is 1.43 bits per heavy atom. The molecule has 0 bridgehead atoms. The minimum absolute atomic E-state index is 0.0526. The van der Waals surface area contributed by atoms with Crippen molar-refractivity contribution >= 4 is 17.3 Å². The van der Waals surface area contributed by atoms with Crippen LogP contribution in [0.2, 0.25) is 0 Å². The van der Waals surface area contributed by atoms with Crippen molar-refractivity contribution in [1.29, 1.82) is 0 Å². The number of rotatable bonds is 4. The lowest BCUT2D eigenvalue weighted by Crippen LogP contribution is -2.37. The van der Waals surface area contributed by atoms with Gasteiger partial charge in [-0.2, -0.15) is 13.2 Å². The molecule has 23 heavy (non-hydrogen) atoms. The molecule has 2 N–H and O–H groups in total. The van der Waals surface area contributed by atoms with E-state index in [2.05, 4.69) is 0 Å². The van der Waals surface area contributed by atoms with Gasteiger partial charge >= 0.3 is 6.18 Å². The highest BCUT2D eigenvalue weighted by Crippen LogP contribution is 2.37. The quantitative estimate of drug-likeness (QED) is 0.678. The van der Waals surface area contributed by atoms with Crippen LogP contribution in [0, 0.1) is 16.0 Å². The standard InChI is InChI=1S/C14H16F3N3O3/c15-14(16,17)10-3-4-11(12(7-10)20(22)23)19-5-1-2-9(8-19)6-13(18)21/h3-4,7,9H,1-2,5-6,8H2,(H2,18,21). The average molecular weight is 331 g/mol. The Balaban J connectivity index is 2.31. The number of alkyl halides is 3. The second-order valence-corrected chi connectivity index (χ2v) is 5.58. The molecule has 1 heterocycles. The summed E-state index contributed by atoms with van der Waals surface area (Å²) in [4.78, 5) is 23.0. The van der Waals surface area contributed by atoms with Crippen molar-refractivity contribution in [1.82, 2.24) is 0 Å². The molecule has 2 rings (SSSR count). The lowest BCUT2D eigenvalue weighted by atomic mass is 9.94. The zero-order valence-electron chi connectivity index (χ0n) is 12.2. The Labute approximate surface area is 130 Å². The number of piperidine rings is 1. The van der Waals surface area contributed by atoms with Crippen molar-refractivity contribution in [3.8, 4) is 0 Å². The normalized spacial score (nSPS) is 18.7. The maximum atomic E-state index is 12.7. The molecular weight excluding hydrogens is 315 g/mol. The lowest BCUT2D eigenvalue weighted by molar-refractivity contribution is -0.384. The highest BCUT2D eigenvalue weighted by Gasteiger charge is 2.34. The lowest BCUT2D eigenvalue weighted by Gasteiger charge is -2.33. The Morgan fingerprint density at radius 2 is 2.13 bits per heavy atom. The van der Waals surface area contributed by atoms with Gasteiger partial charge in [-0.05, 0) is 30.9 Å². The van der Waals surface area contributed by atoms with Crippen LogP contribution in [-0.4, -0.2) is 23.9 Å². The van der Waals surface area contributed by atoms with Crippen molar-refractivity contribution < 1.29 is 22.9 Å². The number of amides is 1. The van der Waals surface area contributed by atoms with E-state index in [0.717, 1.165) is 18.6 Å². The monoisotopic (exact) mass is 331 g/mol. The molecule has 1 aromatic rings. The number of anilines is 1. The molecule has 1 atom stereocenters. The molecule has 1 aliphatic rings. The zero-order chi connectivity index (χ0) is 17.2. The van der Waals surface area contributed by atoms with Gasteiger partial charge in [0, 0.05) is 25.6 Å². The van der Waals surface area contributed by atoms with Gasteiger partial charge in [-0.15, -0.1) is 0 Å². The first-order chi connectivity index (χ1) is 10.7. The van der Waals surface area contributed by atoms with E-state index in [4.69, 9.17) is 5.73 Å². The minimum atomic E-state index is -4.64. The first-order valence-electron chi connectivity index (χ1n) is 7.07. The predicted molar refractivity (Wildman–Crippen MR) is 76.8 cm³/mol. The summed E-state index contributed by atoms with van der Waals surface area (Å²) in [6.07, 6.45) is -3.03. The van der Waals surface area contributed by atoms with E-state index < -0.39 is 28.3 Å². The molecule has 0 saturated carbocycles. The fraction of sp³-hybridized carbons (Fsp3) is 0.500. The third-order valence-electron chi connectivity index (χ3n) is 3.85. The largest absolute Gasteiger partial charge is 0.416 e. The predicted octanol–water partition coefficient (Wildman–Crippen LogP) is 2.71. The molecule has 6 nitrogen and oxygen atoms in total. The molecule has 1 amide bonds. The Bertz CT molecular complexity index is 619. The molecule has 0 aliphatic carbocycles. The Morgan fingerprint density at radius 3 is 2.70 bits per heavy atom. The molecule has 1 fully saturated rings. The van der Waals surface area contributed by atoms with Crippen LogP contribution in [0.5, 0.6) is 0 Å². The Kier molecular flexibility index (Phi) is 4.76. The fourth-order valence-electron chi connectivity index (χ4n) is 2.85. The second kappa shape index (κ2) is 6.43. The first kappa shape index (κ1) is 17.0. The highest BCUT2D eigenvalue weighted by molar-refractivity contribution is 5.74. The number of halogens is 3. The van der Waals surface area contributed by atoms with E-state index in [1.807, 2.05) is 0 Å². The summed E-state index contributed by atoms with van der Waals surface area (Å²) >= 11 is 0. The van der Waals surface area contributed by atoms with Crippen molar-refractivity contribution in [2.24, 2.45) is 11.7 Å². The van der Waals surface area contributed by atoms with E-state index in [9.17, 15) is 28.1 Å². The van der Waals surface area contributed by atoms with Gasteiger partial charge in [-0.3, -0.25) is 14.9 Å². The Hall–Kier alpha value is -2.32. The number of carbonyl (C=O) groups is 1. The van der Waals surface area contributed by atoms with E-state index >= 15 is 0 Å². The van der Waals surface area contributed by atoms with Gasteiger partial charge < -0.3 is 10.6 Å². The average Bonchev–Trinajstić information content (AvgIpc) is 2.45. The number of carbonyl (C=O) groups excluding carboxylic acids is 1. The molecule has 0 radical (unpaired) electrons. The van der Waals surface area contributed by atoms with Crippen molar-refractivity contribution in [3.05, 3.63) is 33.9 Å². The van der Waals surface area contributed by atoms with E-state index in [1.165, 1.54) is 0 Å². The van der Waals surface area contributed by atoms with Crippen LogP contribution >= 0.6 is 0 Å². The third kappa shape index (κ3) is 4.11. The summed E-state index contributed by atoms with van der Waals surface area (Å²) in [5.74, 6) is -0.512. The number of nitrogens with two attached hydrogens (primary N) is 1. The van der Waals surface area contributed by atoms with Gasteiger partial charge in [0.2, 0.25) is 5.91 Å². The molecular formula is C14H16F3N3O3. The summed E-state index contributed by atoms with van der Waals surface area (Å²) in [5, 5.41) is 11.1. The topological polar surface area (TPSA) is 89.5 Å². The van der Waals surface area contributed by atoms with E-state index in [0.29, 0.717) is 25.6 Å². The number of benzene rings is 1. The second-order valence-electron chi connectivity index (χ2n) is 5.58.